The van der Waals surface area contributed by atoms with Crippen LogP contribution < -0.4 is 5.32 Å². The van der Waals surface area contributed by atoms with Gasteiger partial charge in [-0.25, -0.2) is 4.68 Å². The standard InChI is InChI=1S/C15H13Cl2N3O3/c16-10-1-2-12(11(17)5-10)20-7-9(6-19-20)13(21)18-8-15(3-4-15)14(22)23/h1-2,5-7H,3-4,8H2,(H,18,21)(H,22,23). The number of hydrogen-bond donors (Lipinski definition) is 2. The second kappa shape index (κ2) is 5.86. The summed E-state index contributed by atoms with van der Waals surface area (Å²) in [4.78, 5) is 23.2. The Bertz CT molecular complexity index is 784. The normalized spacial score (nSPS) is 15.2. The van der Waals surface area contributed by atoms with Gasteiger partial charge in [0.2, 0.25) is 0 Å². The summed E-state index contributed by atoms with van der Waals surface area (Å²) in [7, 11) is 0. The predicted molar refractivity (Wildman–Crippen MR) is 85.2 cm³/mol. The Morgan fingerprint density at radius 3 is 2.70 bits per heavy atom. The van der Waals surface area contributed by atoms with Crippen molar-refractivity contribution >= 4 is 35.1 Å². The van der Waals surface area contributed by atoms with E-state index in [1.54, 1.807) is 18.2 Å². The minimum absolute atomic E-state index is 0.119. The van der Waals surface area contributed by atoms with E-state index in [0.717, 1.165) is 0 Å². The highest BCUT2D eigenvalue weighted by molar-refractivity contribution is 6.35. The lowest BCUT2D eigenvalue weighted by atomic mass is 10.1. The van der Waals surface area contributed by atoms with Gasteiger partial charge in [0, 0.05) is 17.8 Å². The van der Waals surface area contributed by atoms with Gasteiger partial charge in [-0.1, -0.05) is 23.2 Å². The van der Waals surface area contributed by atoms with E-state index in [1.165, 1.54) is 17.1 Å². The van der Waals surface area contributed by atoms with Crippen molar-refractivity contribution in [3.05, 3.63) is 46.2 Å². The fraction of sp³-hybridized carbons (Fsp3) is 0.267. The van der Waals surface area contributed by atoms with Crippen molar-refractivity contribution in [3.8, 4) is 5.69 Å². The molecule has 1 aromatic carbocycles. The van der Waals surface area contributed by atoms with Gasteiger partial charge in [0.15, 0.2) is 0 Å². The molecule has 1 fully saturated rings. The van der Waals surface area contributed by atoms with Crippen molar-refractivity contribution in [2.75, 3.05) is 6.54 Å². The van der Waals surface area contributed by atoms with Gasteiger partial charge in [0.05, 0.1) is 27.9 Å². The minimum atomic E-state index is -0.874. The third-order valence-electron chi connectivity index (χ3n) is 3.90. The molecule has 1 saturated carbocycles. The number of carbonyl (C=O) groups excluding carboxylic acids is 1. The molecule has 2 N–H and O–H groups in total. The number of carboxylic acid groups (broad SMARTS) is 1. The number of hydrogen-bond acceptors (Lipinski definition) is 3. The maximum absolute atomic E-state index is 12.1. The van der Waals surface area contributed by atoms with E-state index in [2.05, 4.69) is 10.4 Å². The monoisotopic (exact) mass is 353 g/mol. The highest BCUT2D eigenvalue weighted by Gasteiger charge is 2.50. The predicted octanol–water partition coefficient (Wildman–Crippen LogP) is 2.77. The van der Waals surface area contributed by atoms with Crippen LogP contribution in [0.15, 0.2) is 30.6 Å². The summed E-state index contributed by atoms with van der Waals surface area (Å²) in [6.45, 7) is 0.119. The lowest BCUT2D eigenvalue weighted by Gasteiger charge is -2.10. The molecule has 23 heavy (non-hydrogen) atoms. The fourth-order valence-electron chi connectivity index (χ4n) is 2.21. The summed E-state index contributed by atoms with van der Waals surface area (Å²) in [6, 6.07) is 4.96. The average Bonchev–Trinajstić information content (AvgIpc) is 3.15. The van der Waals surface area contributed by atoms with Gasteiger partial charge in [-0.3, -0.25) is 9.59 Å². The summed E-state index contributed by atoms with van der Waals surface area (Å²) in [6.07, 6.45) is 4.11. The fourth-order valence-corrected chi connectivity index (χ4v) is 2.70. The van der Waals surface area contributed by atoms with Crippen LogP contribution in [-0.4, -0.2) is 33.3 Å². The Labute approximate surface area is 142 Å². The molecule has 120 valence electrons. The minimum Gasteiger partial charge on any atom is -0.481 e. The van der Waals surface area contributed by atoms with Crippen LogP contribution in [0.1, 0.15) is 23.2 Å². The highest BCUT2D eigenvalue weighted by Crippen LogP contribution is 2.45. The molecular formula is C15H13Cl2N3O3. The number of amides is 1. The van der Waals surface area contributed by atoms with Gasteiger partial charge in [-0.05, 0) is 31.0 Å². The number of rotatable bonds is 5. The lowest BCUT2D eigenvalue weighted by Crippen LogP contribution is -2.34. The van der Waals surface area contributed by atoms with Gasteiger partial charge in [-0.15, -0.1) is 0 Å². The molecule has 0 saturated heterocycles. The number of halogens is 2. The maximum atomic E-state index is 12.1. The van der Waals surface area contributed by atoms with Gasteiger partial charge < -0.3 is 10.4 Å². The van der Waals surface area contributed by atoms with Crippen molar-refractivity contribution in [2.45, 2.75) is 12.8 Å². The van der Waals surface area contributed by atoms with E-state index < -0.39 is 11.4 Å². The molecule has 1 aliphatic carbocycles. The topological polar surface area (TPSA) is 84.2 Å². The molecule has 1 aromatic heterocycles. The molecule has 0 atom stereocenters. The molecule has 6 nitrogen and oxygen atoms in total. The molecule has 1 aliphatic rings. The van der Waals surface area contributed by atoms with Crippen molar-refractivity contribution in [2.24, 2.45) is 5.41 Å². The van der Waals surface area contributed by atoms with E-state index in [4.69, 9.17) is 28.3 Å². The number of carbonyl (C=O) groups is 2. The second-order valence-corrected chi connectivity index (χ2v) is 6.38. The van der Waals surface area contributed by atoms with Crippen molar-refractivity contribution in [1.29, 1.82) is 0 Å². The first-order chi connectivity index (χ1) is 10.9. The summed E-state index contributed by atoms with van der Waals surface area (Å²) in [5.41, 5.74) is 0.127. The van der Waals surface area contributed by atoms with E-state index in [9.17, 15) is 9.59 Å². The van der Waals surface area contributed by atoms with Gasteiger partial charge >= 0.3 is 5.97 Å². The number of carboxylic acids is 1. The molecule has 0 radical (unpaired) electrons. The van der Waals surface area contributed by atoms with Crippen LogP contribution in [0.3, 0.4) is 0 Å². The van der Waals surface area contributed by atoms with Gasteiger partial charge in [-0.2, -0.15) is 5.10 Å². The third kappa shape index (κ3) is 3.18. The van der Waals surface area contributed by atoms with Gasteiger partial charge in [0.1, 0.15) is 0 Å². The third-order valence-corrected chi connectivity index (χ3v) is 4.43. The molecular weight excluding hydrogens is 341 g/mol. The molecule has 0 aliphatic heterocycles. The van der Waals surface area contributed by atoms with Crippen LogP contribution in [0.4, 0.5) is 0 Å². The Balaban J connectivity index is 1.71. The Kier molecular flexibility index (Phi) is 4.04. The largest absolute Gasteiger partial charge is 0.481 e. The lowest BCUT2D eigenvalue weighted by molar-refractivity contribution is -0.143. The van der Waals surface area contributed by atoms with Crippen LogP contribution in [0.25, 0.3) is 5.69 Å². The van der Waals surface area contributed by atoms with E-state index in [-0.39, 0.29) is 12.5 Å². The van der Waals surface area contributed by atoms with Crippen molar-refractivity contribution in [3.63, 3.8) is 0 Å². The van der Waals surface area contributed by atoms with E-state index in [1.807, 2.05) is 0 Å². The van der Waals surface area contributed by atoms with Gasteiger partial charge in [0.25, 0.3) is 5.91 Å². The zero-order chi connectivity index (χ0) is 16.6. The number of aromatic nitrogens is 2. The molecule has 0 bridgehead atoms. The van der Waals surface area contributed by atoms with Crippen LogP contribution in [0.5, 0.6) is 0 Å². The quantitative estimate of drug-likeness (QED) is 0.865. The van der Waals surface area contributed by atoms with Crippen LogP contribution in [0, 0.1) is 5.41 Å². The number of benzene rings is 1. The van der Waals surface area contributed by atoms with Crippen LogP contribution in [-0.2, 0) is 4.79 Å². The number of nitrogens with one attached hydrogen (secondary N) is 1. The number of aliphatic carboxylic acids is 1. The zero-order valence-corrected chi connectivity index (χ0v) is 13.4. The first-order valence-electron chi connectivity index (χ1n) is 6.93. The highest BCUT2D eigenvalue weighted by atomic mass is 35.5. The van der Waals surface area contributed by atoms with Crippen molar-refractivity contribution in [1.82, 2.24) is 15.1 Å². The Hall–Kier alpha value is -2.05. The summed E-state index contributed by atoms with van der Waals surface area (Å²) in [5.74, 6) is -1.24. The van der Waals surface area contributed by atoms with Crippen LogP contribution in [0.2, 0.25) is 10.0 Å². The molecule has 1 amide bonds. The van der Waals surface area contributed by atoms with Crippen molar-refractivity contribution < 1.29 is 14.7 Å². The summed E-state index contributed by atoms with van der Waals surface area (Å²) < 4.78 is 1.47. The van der Waals surface area contributed by atoms with E-state index >= 15 is 0 Å². The molecule has 0 unspecified atom stereocenters. The molecule has 8 heteroatoms. The average molecular weight is 354 g/mol. The van der Waals surface area contributed by atoms with E-state index in [0.29, 0.717) is 34.1 Å². The zero-order valence-electron chi connectivity index (χ0n) is 11.9. The SMILES string of the molecule is O=C(NCC1(C(=O)O)CC1)c1cnn(-c2ccc(Cl)cc2Cl)c1. The molecule has 3 rings (SSSR count). The Morgan fingerprint density at radius 1 is 1.35 bits per heavy atom. The van der Waals surface area contributed by atoms with Crippen LogP contribution >= 0.6 is 23.2 Å². The first kappa shape index (κ1) is 15.8. The smallest absolute Gasteiger partial charge is 0.311 e. The second-order valence-electron chi connectivity index (χ2n) is 5.54. The maximum Gasteiger partial charge on any atom is 0.311 e. The first-order valence-corrected chi connectivity index (χ1v) is 7.69. The molecule has 0 spiro atoms. The summed E-state index contributed by atoms with van der Waals surface area (Å²) in [5, 5.41) is 16.8. The number of nitrogens with zero attached hydrogens (tertiary/aromatic N) is 2. The summed E-state index contributed by atoms with van der Waals surface area (Å²) >= 11 is 12.0. The molecule has 1 heterocycles. The Morgan fingerprint density at radius 2 is 2.09 bits per heavy atom. The molecule has 2 aromatic rings.